The number of nitrogens with one attached hydrogen (secondary N) is 2. The van der Waals surface area contributed by atoms with Crippen molar-refractivity contribution in [2.45, 2.75) is 32.7 Å². The number of ether oxygens (including phenoxy) is 2. The van der Waals surface area contributed by atoms with Crippen molar-refractivity contribution in [3.05, 3.63) is 29.8 Å². The highest BCUT2D eigenvalue weighted by Crippen LogP contribution is 2.22. The Kier molecular flexibility index (Phi) is 7.73. The molecule has 0 radical (unpaired) electrons. The van der Waals surface area contributed by atoms with Gasteiger partial charge in [-0.25, -0.2) is 4.79 Å². The van der Waals surface area contributed by atoms with Crippen molar-refractivity contribution in [2.24, 2.45) is 11.8 Å². The van der Waals surface area contributed by atoms with Gasteiger partial charge in [0.1, 0.15) is 5.75 Å². The van der Waals surface area contributed by atoms with Crippen LogP contribution < -0.4 is 15.4 Å². The Balaban J connectivity index is 1.76. The van der Waals surface area contributed by atoms with E-state index in [0.29, 0.717) is 30.6 Å². The fourth-order valence-corrected chi connectivity index (χ4v) is 3.04. The fraction of sp³-hybridized carbons (Fsp3) is 0.579. The first kappa shape index (κ1) is 19.2. The maximum atomic E-state index is 12.2. The second kappa shape index (κ2) is 10.0. The minimum absolute atomic E-state index is 0.0685. The number of hydrogen-bond acceptors (Lipinski definition) is 5. The summed E-state index contributed by atoms with van der Waals surface area (Å²) in [5.74, 6) is 1.18. The average molecular weight is 348 g/mol. The molecule has 2 unspecified atom stereocenters. The minimum Gasteiger partial charge on any atom is -0.482 e. The van der Waals surface area contributed by atoms with Crippen LogP contribution in [0, 0.1) is 11.8 Å². The number of methoxy groups -OCH3 is 1. The van der Waals surface area contributed by atoms with Crippen molar-refractivity contribution in [2.75, 3.05) is 26.8 Å². The summed E-state index contributed by atoms with van der Waals surface area (Å²) in [7, 11) is 1.32. The van der Waals surface area contributed by atoms with Crippen LogP contribution in [0.25, 0.3) is 0 Å². The number of rotatable bonds is 8. The van der Waals surface area contributed by atoms with E-state index in [9.17, 15) is 9.59 Å². The van der Waals surface area contributed by atoms with Crippen LogP contribution in [-0.2, 0) is 20.9 Å². The molecule has 0 spiro atoms. The fourth-order valence-electron chi connectivity index (χ4n) is 3.04. The van der Waals surface area contributed by atoms with E-state index in [4.69, 9.17) is 4.74 Å². The van der Waals surface area contributed by atoms with Crippen LogP contribution in [0.15, 0.2) is 24.3 Å². The van der Waals surface area contributed by atoms with E-state index in [-0.39, 0.29) is 12.5 Å². The molecule has 1 saturated heterocycles. The van der Waals surface area contributed by atoms with Crippen LogP contribution in [0.2, 0.25) is 0 Å². The summed E-state index contributed by atoms with van der Waals surface area (Å²) in [6, 6.07) is 7.34. The second-order valence-electron chi connectivity index (χ2n) is 6.58. The molecule has 0 aliphatic carbocycles. The van der Waals surface area contributed by atoms with Crippen molar-refractivity contribution < 1.29 is 19.1 Å². The number of carbonyl (C=O) groups excluding carboxylic acids is 2. The molecule has 1 aromatic carbocycles. The van der Waals surface area contributed by atoms with Crippen LogP contribution in [0.5, 0.6) is 5.75 Å². The molecule has 1 aromatic rings. The molecule has 1 fully saturated rings. The Hall–Kier alpha value is -2.08. The van der Waals surface area contributed by atoms with E-state index in [2.05, 4.69) is 22.3 Å². The number of hydrogen-bond donors (Lipinski definition) is 2. The summed E-state index contributed by atoms with van der Waals surface area (Å²) in [4.78, 5) is 23.3. The zero-order valence-corrected chi connectivity index (χ0v) is 15.0. The maximum Gasteiger partial charge on any atom is 0.343 e. The van der Waals surface area contributed by atoms with Gasteiger partial charge >= 0.3 is 5.97 Å². The predicted molar refractivity (Wildman–Crippen MR) is 95.2 cm³/mol. The topological polar surface area (TPSA) is 76.7 Å². The number of esters is 1. The van der Waals surface area contributed by atoms with Crippen molar-refractivity contribution in [1.82, 2.24) is 10.6 Å². The van der Waals surface area contributed by atoms with Crippen molar-refractivity contribution >= 4 is 11.9 Å². The molecule has 0 saturated carbocycles. The summed E-state index contributed by atoms with van der Waals surface area (Å²) in [6.45, 7) is 4.57. The van der Waals surface area contributed by atoms with Gasteiger partial charge in [0.05, 0.1) is 7.11 Å². The highest BCUT2D eigenvalue weighted by atomic mass is 16.6. The van der Waals surface area contributed by atoms with Gasteiger partial charge in [-0.05, 0) is 55.5 Å². The van der Waals surface area contributed by atoms with Gasteiger partial charge < -0.3 is 20.1 Å². The summed E-state index contributed by atoms with van der Waals surface area (Å²) in [5.41, 5.74) is 0.933. The zero-order chi connectivity index (χ0) is 18.1. The van der Waals surface area contributed by atoms with Crippen molar-refractivity contribution in [3.63, 3.8) is 0 Å². The van der Waals surface area contributed by atoms with Gasteiger partial charge in [-0.15, -0.1) is 0 Å². The van der Waals surface area contributed by atoms with Gasteiger partial charge in [-0.1, -0.05) is 19.1 Å². The largest absolute Gasteiger partial charge is 0.482 e. The Morgan fingerprint density at radius 1 is 1.40 bits per heavy atom. The van der Waals surface area contributed by atoms with Crippen LogP contribution >= 0.6 is 0 Å². The zero-order valence-electron chi connectivity index (χ0n) is 15.0. The van der Waals surface area contributed by atoms with Crippen LogP contribution in [0.4, 0.5) is 0 Å². The van der Waals surface area contributed by atoms with Crippen molar-refractivity contribution in [1.29, 1.82) is 0 Å². The first-order chi connectivity index (χ1) is 12.1. The molecule has 25 heavy (non-hydrogen) atoms. The Bertz CT molecular complexity index is 570. The SMILES string of the molecule is COC(=O)COc1cccc(CNC(=O)CC(C)C2CCCNC2)c1. The molecule has 0 bridgehead atoms. The average Bonchev–Trinajstić information content (AvgIpc) is 2.65. The van der Waals surface area contributed by atoms with E-state index in [1.807, 2.05) is 18.2 Å². The number of carbonyl (C=O) groups is 2. The molecule has 6 nitrogen and oxygen atoms in total. The summed E-state index contributed by atoms with van der Waals surface area (Å²) in [6.07, 6.45) is 2.93. The first-order valence-corrected chi connectivity index (χ1v) is 8.84. The maximum absolute atomic E-state index is 12.2. The molecule has 1 aliphatic heterocycles. The van der Waals surface area contributed by atoms with E-state index in [1.54, 1.807) is 6.07 Å². The lowest BCUT2D eigenvalue weighted by Crippen LogP contribution is -2.35. The number of piperidine rings is 1. The third-order valence-corrected chi connectivity index (χ3v) is 4.62. The molecule has 1 aliphatic rings. The molecular formula is C19H28N2O4. The van der Waals surface area contributed by atoms with E-state index < -0.39 is 5.97 Å². The van der Waals surface area contributed by atoms with E-state index in [1.165, 1.54) is 20.0 Å². The van der Waals surface area contributed by atoms with Crippen LogP contribution in [0.1, 0.15) is 31.7 Å². The molecular weight excluding hydrogens is 320 g/mol. The van der Waals surface area contributed by atoms with Gasteiger partial charge in [0, 0.05) is 13.0 Å². The Labute approximate surface area is 149 Å². The molecule has 2 N–H and O–H groups in total. The summed E-state index contributed by atoms with van der Waals surface area (Å²) >= 11 is 0. The minimum atomic E-state index is -0.426. The van der Waals surface area contributed by atoms with Crippen LogP contribution in [-0.4, -0.2) is 38.7 Å². The quantitative estimate of drug-likeness (QED) is 0.702. The molecule has 6 heteroatoms. The monoisotopic (exact) mass is 348 g/mol. The lowest BCUT2D eigenvalue weighted by Gasteiger charge is -2.28. The Morgan fingerprint density at radius 2 is 2.24 bits per heavy atom. The Morgan fingerprint density at radius 3 is 2.96 bits per heavy atom. The van der Waals surface area contributed by atoms with Gasteiger partial charge in [0.15, 0.2) is 6.61 Å². The third kappa shape index (κ3) is 6.74. The molecule has 1 heterocycles. The molecule has 2 rings (SSSR count). The highest BCUT2D eigenvalue weighted by molar-refractivity contribution is 5.76. The van der Waals surface area contributed by atoms with Gasteiger partial charge in [0.25, 0.3) is 0 Å². The van der Waals surface area contributed by atoms with E-state index in [0.717, 1.165) is 18.7 Å². The first-order valence-electron chi connectivity index (χ1n) is 8.84. The second-order valence-corrected chi connectivity index (χ2v) is 6.58. The number of amides is 1. The van der Waals surface area contributed by atoms with Crippen LogP contribution in [0.3, 0.4) is 0 Å². The van der Waals surface area contributed by atoms with Gasteiger partial charge in [-0.2, -0.15) is 0 Å². The summed E-state index contributed by atoms with van der Waals surface area (Å²) in [5, 5.41) is 6.36. The molecule has 2 atom stereocenters. The van der Waals surface area contributed by atoms with E-state index >= 15 is 0 Å². The standard InChI is InChI=1S/C19H28N2O4/c1-14(16-6-4-8-20-12-16)9-18(22)21-11-15-5-3-7-17(10-15)25-13-19(23)24-2/h3,5,7,10,14,16,20H,4,6,8-9,11-13H2,1-2H3,(H,21,22). The van der Waals surface area contributed by atoms with Gasteiger partial charge in [-0.3, -0.25) is 4.79 Å². The molecule has 0 aromatic heterocycles. The third-order valence-electron chi connectivity index (χ3n) is 4.62. The highest BCUT2D eigenvalue weighted by Gasteiger charge is 2.21. The normalized spacial score (nSPS) is 18.2. The summed E-state index contributed by atoms with van der Waals surface area (Å²) < 4.78 is 9.90. The molecule has 1 amide bonds. The number of benzene rings is 1. The van der Waals surface area contributed by atoms with Gasteiger partial charge in [0.2, 0.25) is 5.91 Å². The predicted octanol–water partition coefficient (Wildman–Crippen LogP) is 1.88. The van der Waals surface area contributed by atoms with Crippen molar-refractivity contribution in [3.8, 4) is 5.75 Å². The lowest BCUT2D eigenvalue weighted by atomic mass is 9.85. The lowest BCUT2D eigenvalue weighted by molar-refractivity contribution is -0.142. The molecule has 138 valence electrons. The smallest absolute Gasteiger partial charge is 0.343 e.